The van der Waals surface area contributed by atoms with Gasteiger partial charge in [0.2, 0.25) is 0 Å². The molecule has 9 nitrogen and oxygen atoms in total. The number of methoxy groups -OCH3 is 3. The SMILES string of the molecule is COc1ccc(N2CCN([C@@H](c3cccs3)[C@@H](C)NC(=O)C(=O)NCCc3ccc(OC)c(OC)c3)CC2)cc1. The third-order valence-corrected chi connectivity index (χ3v) is 8.11. The number of amides is 2. The summed E-state index contributed by atoms with van der Waals surface area (Å²) < 4.78 is 15.9. The molecular formula is C30H38N4O5S. The van der Waals surface area contributed by atoms with Crippen molar-refractivity contribution in [2.75, 3.05) is 59.0 Å². The molecule has 1 aliphatic heterocycles. The maximum atomic E-state index is 12.8. The Morgan fingerprint density at radius 2 is 1.62 bits per heavy atom. The summed E-state index contributed by atoms with van der Waals surface area (Å²) >= 11 is 1.67. The van der Waals surface area contributed by atoms with Gasteiger partial charge in [0.05, 0.1) is 27.4 Å². The van der Waals surface area contributed by atoms with Crippen molar-refractivity contribution in [1.29, 1.82) is 0 Å². The van der Waals surface area contributed by atoms with E-state index in [4.69, 9.17) is 14.2 Å². The number of anilines is 1. The average molecular weight is 567 g/mol. The molecule has 1 fully saturated rings. The van der Waals surface area contributed by atoms with Crippen molar-refractivity contribution in [1.82, 2.24) is 15.5 Å². The van der Waals surface area contributed by atoms with Crippen LogP contribution >= 0.6 is 11.3 Å². The van der Waals surface area contributed by atoms with E-state index in [1.165, 1.54) is 10.6 Å². The molecule has 1 aliphatic rings. The van der Waals surface area contributed by atoms with E-state index in [1.54, 1.807) is 32.7 Å². The Labute approximate surface area is 240 Å². The van der Waals surface area contributed by atoms with Crippen LogP contribution in [-0.2, 0) is 16.0 Å². The maximum absolute atomic E-state index is 12.8. The zero-order chi connectivity index (χ0) is 28.5. The molecule has 0 aliphatic carbocycles. The minimum atomic E-state index is -0.637. The number of nitrogens with zero attached hydrogens (tertiary/aromatic N) is 2. The second-order valence-corrected chi connectivity index (χ2v) is 10.6. The highest BCUT2D eigenvalue weighted by Crippen LogP contribution is 2.31. The summed E-state index contributed by atoms with van der Waals surface area (Å²) in [6, 6.07) is 17.6. The highest BCUT2D eigenvalue weighted by molar-refractivity contribution is 7.10. The molecule has 2 atom stereocenters. The largest absolute Gasteiger partial charge is 0.497 e. The molecule has 1 aromatic heterocycles. The van der Waals surface area contributed by atoms with E-state index in [9.17, 15) is 9.59 Å². The maximum Gasteiger partial charge on any atom is 0.309 e. The molecular weight excluding hydrogens is 528 g/mol. The average Bonchev–Trinajstić information content (AvgIpc) is 3.52. The number of thiophene rings is 1. The van der Waals surface area contributed by atoms with Crippen molar-refractivity contribution in [2.24, 2.45) is 0 Å². The summed E-state index contributed by atoms with van der Waals surface area (Å²) in [5, 5.41) is 7.74. The Balaban J connectivity index is 1.31. The monoisotopic (exact) mass is 566 g/mol. The molecule has 214 valence electrons. The van der Waals surface area contributed by atoms with Gasteiger partial charge in [-0.1, -0.05) is 12.1 Å². The van der Waals surface area contributed by atoms with Crippen molar-refractivity contribution in [3.8, 4) is 17.2 Å². The van der Waals surface area contributed by atoms with Crippen LogP contribution in [0.5, 0.6) is 17.2 Å². The van der Waals surface area contributed by atoms with E-state index in [0.29, 0.717) is 24.5 Å². The minimum Gasteiger partial charge on any atom is -0.497 e. The molecule has 2 aromatic carbocycles. The van der Waals surface area contributed by atoms with Gasteiger partial charge in [-0.2, -0.15) is 0 Å². The van der Waals surface area contributed by atoms with E-state index in [1.807, 2.05) is 48.7 Å². The van der Waals surface area contributed by atoms with Crippen LogP contribution in [0, 0.1) is 0 Å². The summed E-state index contributed by atoms with van der Waals surface area (Å²) in [5.41, 5.74) is 2.14. The minimum absolute atomic E-state index is 0.0264. The van der Waals surface area contributed by atoms with Crippen molar-refractivity contribution < 1.29 is 23.8 Å². The van der Waals surface area contributed by atoms with E-state index < -0.39 is 11.8 Å². The van der Waals surface area contributed by atoms with E-state index >= 15 is 0 Å². The standard InChI is InChI=1S/C30H38N4O5S/c1-21(32-30(36)29(35)31-14-13-22-7-12-25(38-3)26(20-22)39-4)28(27-6-5-19-40-27)34-17-15-33(16-18-34)23-8-10-24(37-2)11-9-23/h5-12,19-21,28H,13-18H2,1-4H3,(H,31,35)(H,32,36)/t21-,28-/m1/s1. The first-order valence-corrected chi connectivity index (χ1v) is 14.3. The molecule has 2 amide bonds. The van der Waals surface area contributed by atoms with Crippen molar-refractivity contribution in [3.63, 3.8) is 0 Å². The Bertz CT molecular complexity index is 1240. The zero-order valence-corrected chi connectivity index (χ0v) is 24.3. The van der Waals surface area contributed by atoms with Crippen LogP contribution in [0.15, 0.2) is 60.0 Å². The molecule has 4 rings (SSSR count). The number of carbonyl (C=O) groups is 2. The number of hydrogen-bond donors (Lipinski definition) is 2. The van der Waals surface area contributed by atoms with Crippen LogP contribution in [0.3, 0.4) is 0 Å². The molecule has 2 heterocycles. The first-order chi connectivity index (χ1) is 19.4. The number of nitrogens with one attached hydrogen (secondary N) is 2. The topological polar surface area (TPSA) is 92.4 Å². The summed E-state index contributed by atoms with van der Waals surface area (Å²) in [4.78, 5) is 31.4. The van der Waals surface area contributed by atoms with Crippen LogP contribution in [0.1, 0.15) is 23.4 Å². The van der Waals surface area contributed by atoms with Gasteiger partial charge in [0, 0.05) is 49.3 Å². The van der Waals surface area contributed by atoms with Crippen LogP contribution in [0.4, 0.5) is 5.69 Å². The normalized spacial score (nSPS) is 15.2. The number of ether oxygens (including phenoxy) is 3. The van der Waals surface area contributed by atoms with Crippen LogP contribution in [0.25, 0.3) is 0 Å². The summed E-state index contributed by atoms with van der Waals surface area (Å²) in [6.45, 7) is 5.71. The summed E-state index contributed by atoms with van der Waals surface area (Å²) in [6.07, 6.45) is 0.561. The van der Waals surface area contributed by atoms with Gasteiger partial charge in [-0.25, -0.2) is 0 Å². The highest BCUT2D eigenvalue weighted by Gasteiger charge is 2.32. The quantitative estimate of drug-likeness (QED) is 0.343. The van der Waals surface area contributed by atoms with Gasteiger partial charge in [0.25, 0.3) is 0 Å². The molecule has 0 radical (unpaired) electrons. The lowest BCUT2D eigenvalue weighted by atomic mass is 10.0. The lowest BCUT2D eigenvalue weighted by Gasteiger charge is -2.42. The molecule has 3 aromatic rings. The fraction of sp³-hybridized carbons (Fsp3) is 0.400. The molecule has 0 bridgehead atoms. The van der Waals surface area contributed by atoms with Gasteiger partial charge < -0.3 is 29.7 Å². The van der Waals surface area contributed by atoms with E-state index in [0.717, 1.165) is 37.5 Å². The summed E-state index contributed by atoms with van der Waals surface area (Å²) in [7, 11) is 4.84. The molecule has 10 heteroatoms. The van der Waals surface area contributed by atoms with Crippen LogP contribution in [0.2, 0.25) is 0 Å². The van der Waals surface area contributed by atoms with Crippen molar-refractivity contribution >= 4 is 28.8 Å². The molecule has 2 N–H and O–H groups in total. The fourth-order valence-corrected chi connectivity index (χ4v) is 6.01. The Morgan fingerprint density at radius 1 is 0.900 bits per heavy atom. The second kappa shape index (κ2) is 14.0. The lowest BCUT2D eigenvalue weighted by Crippen LogP contribution is -2.53. The molecule has 0 unspecified atom stereocenters. The number of piperazine rings is 1. The summed E-state index contributed by atoms with van der Waals surface area (Å²) in [5.74, 6) is 0.850. The second-order valence-electron chi connectivity index (χ2n) is 9.64. The van der Waals surface area contributed by atoms with E-state index in [2.05, 4.69) is 38.6 Å². The lowest BCUT2D eigenvalue weighted by molar-refractivity contribution is -0.139. The molecule has 0 spiro atoms. The number of benzene rings is 2. The van der Waals surface area contributed by atoms with Gasteiger partial charge in [-0.05, 0) is 66.8 Å². The Kier molecular flexibility index (Phi) is 10.3. The number of rotatable bonds is 11. The Hall–Kier alpha value is -3.76. The zero-order valence-electron chi connectivity index (χ0n) is 23.5. The predicted molar refractivity (Wildman–Crippen MR) is 158 cm³/mol. The highest BCUT2D eigenvalue weighted by atomic mass is 32.1. The Morgan fingerprint density at radius 3 is 2.25 bits per heavy atom. The molecule has 1 saturated heterocycles. The molecule has 0 saturated carbocycles. The third kappa shape index (κ3) is 7.25. The van der Waals surface area contributed by atoms with Gasteiger partial charge in [0.1, 0.15) is 5.75 Å². The van der Waals surface area contributed by atoms with E-state index in [-0.39, 0.29) is 12.1 Å². The third-order valence-electron chi connectivity index (χ3n) is 7.17. The molecule has 40 heavy (non-hydrogen) atoms. The fourth-order valence-electron chi connectivity index (χ4n) is 5.04. The van der Waals surface area contributed by atoms with Crippen molar-refractivity contribution in [3.05, 3.63) is 70.4 Å². The van der Waals surface area contributed by atoms with Crippen LogP contribution < -0.4 is 29.7 Å². The van der Waals surface area contributed by atoms with Gasteiger partial charge in [0.15, 0.2) is 11.5 Å². The van der Waals surface area contributed by atoms with Crippen LogP contribution in [-0.4, -0.2) is 76.8 Å². The van der Waals surface area contributed by atoms with Crippen molar-refractivity contribution in [2.45, 2.75) is 25.4 Å². The first-order valence-electron chi connectivity index (χ1n) is 13.4. The first kappa shape index (κ1) is 29.2. The van der Waals surface area contributed by atoms with Gasteiger partial charge in [-0.15, -0.1) is 11.3 Å². The van der Waals surface area contributed by atoms with Gasteiger partial charge in [-0.3, -0.25) is 14.5 Å². The predicted octanol–water partition coefficient (Wildman–Crippen LogP) is 3.50. The number of carbonyl (C=O) groups excluding carboxylic acids is 2. The van der Waals surface area contributed by atoms with Gasteiger partial charge >= 0.3 is 11.8 Å². The smallest absolute Gasteiger partial charge is 0.309 e. The number of hydrogen-bond acceptors (Lipinski definition) is 8.